The van der Waals surface area contributed by atoms with Crippen molar-refractivity contribution >= 4 is 28.6 Å². The Bertz CT molecular complexity index is 768. The molecule has 0 fully saturated rings. The molecule has 0 aliphatic heterocycles. The molecule has 0 unspecified atom stereocenters. The summed E-state index contributed by atoms with van der Waals surface area (Å²) in [7, 11) is 0. The fourth-order valence-corrected chi connectivity index (χ4v) is 2.00. The van der Waals surface area contributed by atoms with E-state index in [0.29, 0.717) is 11.4 Å². The van der Waals surface area contributed by atoms with E-state index in [9.17, 15) is 4.79 Å². The fourth-order valence-electron chi connectivity index (χ4n) is 2.00. The number of carbonyl (C=O) groups excluding carboxylic acids is 1. The summed E-state index contributed by atoms with van der Waals surface area (Å²) in [6.07, 6.45) is 2.82. The van der Waals surface area contributed by atoms with Crippen molar-refractivity contribution in [1.82, 2.24) is 9.97 Å². The maximum atomic E-state index is 12.0. The van der Waals surface area contributed by atoms with E-state index >= 15 is 0 Å². The first-order valence-electron chi connectivity index (χ1n) is 6.62. The molecular formula is C15H14N4O2. The lowest BCUT2D eigenvalue weighted by Crippen LogP contribution is -2.14. The maximum Gasteiger partial charge on any atom is 0.261 e. The number of nitrogens with zero attached hydrogens (tertiary/aromatic N) is 2. The molecule has 106 valence electrons. The second-order valence-electron chi connectivity index (χ2n) is 4.41. The van der Waals surface area contributed by atoms with Crippen LogP contribution in [0.5, 0.6) is 0 Å². The largest absolute Gasteiger partial charge is 0.472 e. The molecule has 1 aromatic carbocycles. The zero-order chi connectivity index (χ0) is 14.7. The van der Waals surface area contributed by atoms with Gasteiger partial charge in [-0.3, -0.25) is 10.1 Å². The van der Waals surface area contributed by atoms with Gasteiger partial charge in [0.1, 0.15) is 12.1 Å². The van der Waals surface area contributed by atoms with Gasteiger partial charge in [0, 0.05) is 11.9 Å². The molecule has 21 heavy (non-hydrogen) atoms. The number of para-hydroxylation sites is 1. The molecule has 1 amide bonds. The molecule has 2 heterocycles. The van der Waals surface area contributed by atoms with Crippen LogP contribution in [0.1, 0.15) is 17.3 Å². The maximum absolute atomic E-state index is 12.0. The highest BCUT2D eigenvalue weighted by molar-refractivity contribution is 6.03. The van der Waals surface area contributed by atoms with Gasteiger partial charge < -0.3 is 9.73 Å². The van der Waals surface area contributed by atoms with Gasteiger partial charge in [0.2, 0.25) is 5.95 Å². The number of amides is 1. The van der Waals surface area contributed by atoms with Crippen molar-refractivity contribution in [2.45, 2.75) is 6.92 Å². The second kappa shape index (κ2) is 5.62. The standard InChI is InChI=1S/C15H14N4O2/c1-2-16-13-11-5-3-4-6-12(11)17-15(18-13)19-14(20)10-7-8-21-9-10/h3-9H,2H2,1H3,(H2,16,17,18,19,20). The summed E-state index contributed by atoms with van der Waals surface area (Å²) in [4.78, 5) is 20.7. The van der Waals surface area contributed by atoms with Crippen LogP contribution in [0.4, 0.5) is 11.8 Å². The number of hydrogen-bond acceptors (Lipinski definition) is 5. The Kier molecular flexibility index (Phi) is 3.51. The number of nitrogens with one attached hydrogen (secondary N) is 2. The number of aromatic nitrogens is 2. The van der Waals surface area contributed by atoms with Gasteiger partial charge in [-0.2, -0.15) is 4.98 Å². The molecular weight excluding hydrogens is 268 g/mol. The van der Waals surface area contributed by atoms with E-state index in [4.69, 9.17) is 4.42 Å². The molecule has 0 bridgehead atoms. The lowest BCUT2D eigenvalue weighted by molar-refractivity contribution is 0.102. The van der Waals surface area contributed by atoms with Crippen LogP contribution in [0.2, 0.25) is 0 Å². The van der Waals surface area contributed by atoms with Crippen molar-refractivity contribution < 1.29 is 9.21 Å². The Balaban J connectivity index is 1.97. The van der Waals surface area contributed by atoms with Crippen LogP contribution in [0.15, 0.2) is 47.3 Å². The van der Waals surface area contributed by atoms with E-state index in [1.54, 1.807) is 6.07 Å². The van der Waals surface area contributed by atoms with E-state index in [1.807, 2.05) is 31.2 Å². The third-order valence-electron chi connectivity index (χ3n) is 2.96. The average molecular weight is 282 g/mol. The molecule has 0 aliphatic rings. The Morgan fingerprint density at radius 3 is 2.86 bits per heavy atom. The van der Waals surface area contributed by atoms with Crippen LogP contribution in [-0.4, -0.2) is 22.4 Å². The van der Waals surface area contributed by atoms with E-state index in [-0.39, 0.29) is 11.9 Å². The lowest BCUT2D eigenvalue weighted by atomic mass is 10.2. The van der Waals surface area contributed by atoms with Crippen molar-refractivity contribution in [3.05, 3.63) is 48.4 Å². The molecule has 2 N–H and O–H groups in total. The van der Waals surface area contributed by atoms with Crippen molar-refractivity contribution in [2.24, 2.45) is 0 Å². The highest BCUT2D eigenvalue weighted by Gasteiger charge is 2.11. The number of fused-ring (bicyclic) bond motifs is 1. The monoisotopic (exact) mass is 282 g/mol. The highest BCUT2D eigenvalue weighted by atomic mass is 16.3. The SMILES string of the molecule is CCNc1nc(NC(=O)c2ccoc2)nc2ccccc12. The first-order chi connectivity index (χ1) is 10.3. The number of rotatable bonds is 4. The molecule has 6 heteroatoms. The van der Waals surface area contributed by atoms with E-state index < -0.39 is 0 Å². The van der Waals surface area contributed by atoms with Gasteiger partial charge in [-0.1, -0.05) is 12.1 Å². The van der Waals surface area contributed by atoms with Crippen LogP contribution in [0, 0.1) is 0 Å². The van der Waals surface area contributed by atoms with Gasteiger partial charge in [0.25, 0.3) is 5.91 Å². The summed E-state index contributed by atoms with van der Waals surface area (Å²) < 4.78 is 4.89. The van der Waals surface area contributed by atoms with Gasteiger partial charge in [-0.05, 0) is 25.1 Å². The summed E-state index contributed by atoms with van der Waals surface area (Å²) in [6, 6.07) is 9.23. The molecule has 0 radical (unpaired) electrons. The number of hydrogen-bond donors (Lipinski definition) is 2. The van der Waals surface area contributed by atoms with Gasteiger partial charge in [-0.15, -0.1) is 0 Å². The third-order valence-corrected chi connectivity index (χ3v) is 2.96. The van der Waals surface area contributed by atoms with Gasteiger partial charge >= 0.3 is 0 Å². The van der Waals surface area contributed by atoms with E-state index in [0.717, 1.165) is 17.4 Å². The van der Waals surface area contributed by atoms with Gasteiger partial charge in [-0.25, -0.2) is 4.98 Å². The minimum Gasteiger partial charge on any atom is -0.472 e. The summed E-state index contributed by atoms with van der Waals surface area (Å²) in [5.41, 5.74) is 1.20. The normalized spacial score (nSPS) is 10.5. The molecule has 6 nitrogen and oxygen atoms in total. The Morgan fingerprint density at radius 1 is 1.24 bits per heavy atom. The molecule has 2 aromatic heterocycles. The summed E-state index contributed by atoms with van der Waals surface area (Å²) in [5.74, 6) is 0.655. The minimum absolute atomic E-state index is 0.260. The third kappa shape index (κ3) is 2.69. The van der Waals surface area contributed by atoms with Crippen molar-refractivity contribution in [3.8, 4) is 0 Å². The van der Waals surface area contributed by atoms with Crippen LogP contribution in [0.3, 0.4) is 0 Å². The Hall–Kier alpha value is -2.89. The zero-order valence-corrected chi connectivity index (χ0v) is 11.5. The number of benzene rings is 1. The highest BCUT2D eigenvalue weighted by Crippen LogP contribution is 2.21. The lowest BCUT2D eigenvalue weighted by Gasteiger charge is -2.09. The van der Waals surface area contributed by atoms with Gasteiger partial charge in [0.05, 0.1) is 17.3 Å². The van der Waals surface area contributed by atoms with Crippen LogP contribution in [-0.2, 0) is 0 Å². The minimum atomic E-state index is -0.304. The van der Waals surface area contributed by atoms with E-state index in [2.05, 4.69) is 20.6 Å². The molecule has 0 aliphatic carbocycles. The van der Waals surface area contributed by atoms with Crippen LogP contribution < -0.4 is 10.6 Å². The Labute approximate surface area is 121 Å². The smallest absolute Gasteiger partial charge is 0.261 e. The van der Waals surface area contributed by atoms with E-state index in [1.165, 1.54) is 12.5 Å². The first-order valence-corrected chi connectivity index (χ1v) is 6.62. The number of furan rings is 1. The predicted molar refractivity (Wildman–Crippen MR) is 80.4 cm³/mol. The molecule has 0 saturated carbocycles. The summed E-state index contributed by atoms with van der Waals surface area (Å²) in [6.45, 7) is 2.72. The molecule has 0 saturated heterocycles. The second-order valence-corrected chi connectivity index (χ2v) is 4.41. The molecule has 0 spiro atoms. The summed E-state index contributed by atoms with van der Waals surface area (Å²) >= 11 is 0. The topological polar surface area (TPSA) is 80.0 Å². The molecule has 0 atom stereocenters. The van der Waals surface area contributed by atoms with Crippen LogP contribution in [0.25, 0.3) is 10.9 Å². The average Bonchev–Trinajstić information content (AvgIpc) is 3.02. The van der Waals surface area contributed by atoms with Gasteiger partial charge in [0.15, 0.2) is 0 Å². The van der Waals surface area contributed by atoms with Crippen molar-refractivity contribution in [1.29, 1.82) is 0 Å². The quantitative estimate of drug-likeness (QED) is 0.769. The van der Waals surface area contributed by atoms with Crippen molar-refractivity contribution in [2.75, 3.05) is 17.2 Å². The first kappa shape index (κ1) is 13.1. The molecule has 3 rings (SSSR count). The number of carbonyl (C=O) groups is 1. The predicted octanol–water partition coefficient (Wildman–Crippen LogP) is 2.91. The number of anilines is 2. The fraction of sp³-hybridized carbons (Fsp3) is 0.133. The van der Waals surface area contributed by atoms with Crippen LogP contribution >= 0.6 is 0 Å². The summed E-state index contributed by atoms with van der Waals surface area (Å²) in [5, 5.41) is 6.77. The van der Waals surface area contributed by atoms with Crippen molar-refractivity contribution in [3.63, 3.8) is 0 Å². The molecule has 3 aromatic rings. The Morgan fingerprint density at radius 2 is 2.10 bits per heavy atom. The zero-order valence-electron chi connectivity index (χ0n) is 11.5.